The molecule has 3 heterocycles. The van der Waals surface area contributed by atoms with Crippen molar-refractivity contribution in [2.45, 2.75) is 19.9 Å². The van der Waals surface area contributed by atoms with Crippen LogP contribution in [0.3, 0.4) is 0 Å². The molecule has 0 saturated carbocycles. The standard InChI is InChI=1S/C27H24N2O6S/c1-4-12-33-19-9-7-6-8-17(19)14-22-25(30)29-24(18-10-11-20-21(13-18)35-15-34-20)23(26(31)32-5-2)16(3)28-27(29)36-22/h4,6-11,13-14,24H,1,5,12,15H2,2-3H3/b22-14-/t24-/m1/s1. The first-order valence-corrected chi connectivity index (χ1v) is 12.3. The van der Waals surface area contributed by atoms with E-state index in [1.165, 1.54) is 11.3 Å². The zero-order valence-corrected chi connectivity index (χ0v) is 20.7. The Labute approximate surface area is 211 Å². The monoisotopic (exact) mass is 504 g/mol. The van der Waals surface area contributed by atoms with Crippen LogP contribution in [0.1, 0.15) is 31.0 Å². The van der Waals surface area contributed by atoms with Crippen LogP contribution in [0.2, 0.25) is 0 Å². The molecule has 5 rings (SSSR count). The highest BCUT2D eigenvalue weighted by Gasteiger charge is 2.34. The quantitative estimate of drug-likeness (QED) is 0.363. The summed E-state index contributed by atoms with van der Waals surface area (Å²) in [4.78, 5) is 31.9. The number of ether oxygens (including phenoxy) is 4. The second-order valence-corrected chi connectivity index (χ2v) is 9.06. The number of fused-ring (bicyclic) bond motifs is 2. The predicted molar refractivity (Wildman–Crippen MR) is 135 cm³/mol. The third-order valence-electron chi connectivity index (χ3n) is 5.79. The van der Waals surface area contributed by atoms with Crippen LogP contribution in [0.4, 0.5) is 0 Å². The average Bonchev–Trinajstić information content (AvgIpc) is 3.46. The van der Waals surface area contributed by atoms with Gasteiger partial charge in [0.05, 0.1) is 28.5 Å². The summed E-state index contributed by atoms with van der Waals surface area (Å²) in [5.74, 6) is 1.29. The number of carbonyl (C=O) groups is 1. The number of benzene rings is 2. The van der Waals surface area contributed by atoms with Gasteiger partial charge in [-0.05, 0) is 43.7 Å². The van der Waals surface area contributed by atoms with Crippen molar-refractivity contribution in [3.8, 4) is 17.2 Å². The second kappa shape index (κ2) is 9.87. The normalized spacial score (nSPS) is 16.4. The Bertz CT molecular complexity index is 1570. The highest BCUT2D eigenvalue weighted by atomic mass is 32.1. The summed E-state index contributed by atoms with van der Waals surface area (Å²) in [7, 11) is 0. The molecular weight excluding hydrogens is 480 g/mol. The number of hydrogen-bond acceptors (Lipinski definition) is 8. The fourth-order valence-corrected chi connectivity index (χ4v) is 5.25. The van der Waals surface area contributed by atoms with E-state index in [1.54, 1.807) is 42.7 Å². The van der Waals surface area contributed by atoms with Crippen molar-refractivity contribution in [2.75, 3.05) is 20.0 Å². The maximum absolute atomic E-state index is 13.8. The third kappa shape index (κ3) is 4.22. The van der Waals surface area contributed by atoms with Gasteiger partial charge in [-0.15, -0.1) is 0 Å². The van der Waals surface area contributed by atoms with Crippen LogP contribution in [0.15, 0.2) is 76.2 Å². The van der Waals surface area contributed by atoms with Gasteiger partial charge in [-0.2, -0.15) is 0 Å². The lowest BCUT2D eigenvalue weighted by atomic mass is 9.95. The number of para-hydroxylation sites is 1. The summed E-state index contributed by atoms with van der Waals surface area (Å²) in [6, 6.07) is 12.1. The van der Waals surface area contributed by atoms with Crippen molar-refractivity contribution >= 4 is 23.4 Å². The van der Waals surface area contributed by atoms with Gasteiger partial charge in [0.15, 0.2) is 16.3 Å². The smallest absolute Gasteiger partial charge is 0.338 e. The Morgan fingerprint density at radius 2 is 2.06 bits per heavy atom. The van der Waals surface area contributed by atoms with Gasteiger partial charge in [-0.1, -0.05) is 48.3 Å². The fraction of sp³-hybridized carbons (Fsp3) is 0.222. The molecule has 0 N–H and O–H groups in total. The van der Waals surface area contributed by atoms with E-state index in [2.05, 4.69) is 11.6 Å². The number of carbonyl (C=O) groups excluding carboxylic acids is 1. The molecule has 2 aliphatic rings. The van der Waals surface area contributed by atoms with Gasteiger partial charge in [0.25, 0.3) is 5.56 Å². The molecule has 184 valence electrons. The number of rotatable bonds is 7. The highest BCUT2D eigenvalue weighted by Crippen LogP contribution is 2.38. The molecule has 0 bridgehead atoms. The minimum absolute atomic E-state index is 0.120. The summed E-state index contributed by atoms with van der Waals surface area (Å²) < 4.78 is 24.1. The van der Waals surface area contributed by atoms with E-state index in [9.17, 15) is 9.59 Å². The van der Waals surface area contributed by atoms with Gasteiger partial charge in [0, 0.05) is 5.56 Å². The van der Waals surface area contributed by atoms with Crippen LogP contribution in [0.5, 0.6) is 17.2 Å². The Balaban J connectivity index is 1.70. The van der Waals surface area contributed by atoms with E-state index in [0.717, 1.165) is 5.56 Å². The predicted octanol–water partition coefficient (Wildman–Crippen LogP) is 3.09. The lowest BCUT2D eigenvalue weighted by Crippen LogP contribution is -2.39. The summed E-state index contributed by atoms with van der Waals surface area (Å²) in [6.45, 7) is 7.85. The maximum Gasteiger partial charge on any atom is 0.338 e. The van der Waals surface area contributed by atoms with Crippen molar-refractivity contribution in [2.24, 2.45) is 4.99 Å². The molecule has 2 aliphatic heterocycles. The van der Waals surface area contributed by atoms with Crippen molar-refractivity contribution in [3.05, 3.63) is 97.2 Å². The summed E-state index contributed by atoms with van der Waals surface area (Å²) in [5, 5.41) is 0. The Morgan fingerprint density at radius 3 is 2.86 bits per heavy atom. The van der Waals surface area contributed by atoms with Crippen LogP contribution < -0.4 is 29.1 Å². The minimum atomic E-state index is -0.732. The third-order valence-corrected chi connectivity index (χ3v) is 6.77. The first-order chi connectivity index (χ1) is 17.5. The van der Waals surface area contributed by atoms with E-state index in [-0.39, 0.29) is 19.0 Å². The zero-order chi connectivity index (χ0) is 25.2. The molecule has 1 aromatic heterocycles. The molecule has 0 fully saturated rings. The van der Waals surface area contributed by atoms with Gasteiger partial charge in [-0.3, -0.25) is 9.36 Å². The molecule has 1 atom stereocenters. The zero-order valence-electron chi connectivity index (χ0n) is 19.9. The van der Waals surface area contributed by atoms with Gasteiger partial charge in [0.1, 0.15) is 12.4 Å². The first-order valence-electron chi connectivity index (χ1n) is 11.4. The second-order valence-electron chi connectivity index (χ2n) is 8.05. The number of nitrogens with zero attached hydrogens (tertiary/aromatic N) is 2. The van der Waals surface area contributed by atoms with Crippen molar-refractivity contribution in [1.82, 2.24) is 4.57 Å². The lowest BCUT2D eigenvalue weighted by molar-refractivity contribution is -0.139. The number of esters is 1. The molecular formula is C27H24N2O6S. The van der Waals surface area contributed by atoms with E-state index < -0.39 is 12.0 Å². The summed E-state index contributed by atoms with van der Waals surface area (Å²) >= 11 is 1.25. The molecule has 0 aliphatic carbocycles. The van der Waals surface area contributed by atoms with Crippen molar-refractivity contribution in [1.29, 1.82) is 0 Å². The molecule has 0 radical (unpaired) electrons. The van der Waals surface area contributed by atoms with Crippen LogP contribution in [-0.4, -0.2) is 30.5 Å². The fourth-order valence-electron chi connectivity index (χ4n) is 4.21. The average molecular weight is 505 g/mol. The van der Waals surface area contributed by atoms with E-state index in [1.807, 2.05) is 30.3 Å². The van der Waals surface area contributed by atoms with Crippen LogP contribution in [0.25, 0.3) is 6.08 Å². The maximum atomic E-state index is 13.8. The van der Waals surface area contributed by atoms with Crippen LogP contribution in [0, 0.1) is 0 Å². The molecule has 9 heteroatoms. The van der Waals surface area contributed by atoms with Crippen molar-refractivity contribution in [3.63, 3.8) is 0 Å². The van der Waals surface area contributed by atoms with Crippen molar-refractivity contribution < 1.29 is 23.7 Å². The number of allylic oxidation sites excluding steroid dienone is 1. The SMILES string of the molecule is C=CCOc1ccccc1/C=c1\sc2n(c1=O)[C@H](c1ccc3c(c1)OCO3)C(C(=O)OCC)=C(C)N=2. The van der Waals surface area contributed by atoms with Gasteiger partial charge >= 0.3 is 5.97 Å². The Morgan fingerprint density at radius 1 is 1.25 bits per heavy atom. The van der Waals surface area contributed by atoms with E-state index >= 15 is 0 Å². The topological polar surface area (TPSA) is 88.3 Å². The van der Waals surface area contributed by atoms with Crippen LogP contribution >= 0.6 is 11.3 Å². The van der Waals surface area contributed by atoms with Gasteiger partial charge in [0.2, 0.25) is 6.79 Å². The minimum Gasteiger partial charge on any atom is -0.489 e. The van der Waals surface area contributed by atoms with Crippen LogP contribution in [-0.2, 0) is 9.53 Å². The highest BCUT2D eigenvalue weighted by molar-refractivity contribution is 7.07. The lowest BCUT2D eigenvalue weighted by Gasteiger charge is -2.24. The molecule has 0 spiro atoms. The Hall–Kier alpha value is -4.11. The van der Waals surface area contributed by atoms with E-state index in [0.29, 0.717) is 50.0 Å². The van der Waals surface area contributed by atoms with Gasteiger partial charge in [-0.25, -0.2) is 9.79 Å². The largest absolute Gasteiger partial charge is 0.489 e. The Kier molecular flexibility index (Phi) is 6.47. The molecule has 0 amide bonds. The molecule has 3 aromatic rings. The van der Waals surface area contributed by atoms with Gasteiger partial charge < -0.3 is 18.9 Å². The van der Waals surface area contributed by atoms with E-state index in [4.69, 9.17) is 18.9 Å². The molecule has 0 unspecified atom stereocenters. The number of thiazole rings is 1. The number of hydrogen-bond donors (Lipinski definition) is 0. The molecule has 36 heavy (non-hydrogen) atoms. The molecule has 2 aromatic carbocycles. The molecule has 8 nitrogen and oxygen atoms in total. The first kappa shape index (κ1) is 23.6. The number of aromatic nitrogens is 1. The summed E-state index contributed by atoms with van der Waals surface area (Å²) in [6.07, 6.45) is 3.44. The summed E-state index contributed by atoms with van der Waals surface area (Å²) in [5.41, 5.74) is 1.99. The molecule has 0 saturated heterocycles.